The number of amides is 1. The molecule has 0 atom stereocenters. The van der Waals surface area contributed by atoms with Gasteiger partial charge in [0.2, 0.25) is 0 Å². The van der Waals surface area contributed by atoms with Gasteiger partial charge in [-0.2, -0.15) is 5.10 Å². The van der Waals surface area contributed by atoms with Crippen LogP contribution < -0.4 is 4.90 Å². The van der Waals surface area contributed by atoms with E-state index in [0.717, 1.165) is 29.1 Å². The summed E-state index contributed by atoms with van der Waals surface area (Å²) in [5, 5.41) is 4.70. The maximum Gasteiger partial charge on any atom is 0.278 e. The van der Waals surface area contributed by atoms with Crippen molar-refractivity contribution in [1.82, 2.24) is 14.8 Å². The summed E-state index contributed by atoms with van der Waals surface area (Å²) in [4.78, 5) is 19.4. The number of anilines is 1. The first-order valence-electron chi connectivity index (χ1n) is 9.68. The molecule has 1 amide bonds. The molecule has 0 N–H and O–H groups in total. The van der Waals surface area contributed by atoms with Crippen molar-refractivity contribution in [3.63, 3.8) is 0 Å². The summed E-state index contributed by atoms with van der Waals surface area (Å²) in [6, 6.07) is 21.9. The number of nitrogens with zero attached hydrogens (tertiary/aromatic N) is 4. The molecule has 4 aromatic rings. The molecule has 0 saturated carbocycles. The van der Waals surface area contributed by atoms with E-state index in [1.165, 1.54) is 11.1 Å². The second-order valence-electron chi connectivity index (χ2n) is 7.24. The molecular formula is C24H20N4O. The zero-order valence-corrected chi connectivity index (χ0v) is 16.1. The van der Waals surface area contributed by atoms with Gasteiger partial charge in [-0.15, -0.1) is 0 Å². The second kappa shape index (κ2) is 7.02. The van der Waals surface area contributed by atoms with Crippen molar-refractivity contribution in [2.45, 2.75) is 13.3 Å². The van der Waals surface area contributed by atoms with E-state index in [0.29, 0.717) is 12.2 Å². The molecule has 0 spiro atoms. The van der Waals surface area contributed by atoms with Crippen molar-refractivity contribution in [2.24, 2.45) is 0 Å². The Bertz CT molecular complexity index is 1180. The fourth-order valence-electron chi connectivity index (χ4n) is 3.78. The van der Waals surface area contributed by atoms with Gasteiger partial charge in [0.25, 0.3) is 5.91 Å². The summed E-state index contributed by atoms with van der Waals surface area (Å²) in [5.41, 5.74) is 6.46. The monoisotopic (exact) mass is 380 g/mol. The molecule has 1 aliphatic heterocycles. The van der Waals surface area contributed by atoms with E-state index in [1.807, 2.05) is 70.2 Å². The van der Waals surface area contributed by atoms with Gasteiger partial charge in [0.05, 0.1) is 11.4 Å². The fourth-order valence-corrected chi connectivity index (χ4v) is 3.78. The number of fused-ring (bicyclic) bond motifs is 1. The van der Waals surface area contributed by atoms with Crippen LogP contribution >= 0.6 is 0 Å². The Balaban J connectivity index is 1.60. The molecule has 0 bridgehead atoms. The topological polar surface area (TPSA) is 51.0 Å². The highest BCUT2D eigenvalue weighted by Crippen LogP contribution is 2.30. The lowest BCUT2D eigenvalue weighted by atomic mass is 10.1. The van der Waals surface area contributed by atoms with E-state index in [9.17, 15) is 4.79 Å². The number of carbonyl (C=O) groups is 1. The van der Waals surface area contributed by atoms with E-state index in [1.54, 1.807) is 12.4 Å². The predicted octanol–water partition coefficient (Wildman–Crippen LogP) is 4.45. The summed E-state index contributed by atoms with van der Waals surface area (Å²) in [5.74, 6) is -0.0778. The number of rotatable bonds is 3. The van der Waals surface area contributed by atoms with Crippen LogP contribution in [0.15, 0.2) is 79.1 Å². The Labute approximate surface area is 169 Å². The summed E-state index contributed by atoms with van der Waals surface area (Å²) >= 11 is 0. The van der Waals surface area contributed by atoms with E-state index >= 15 is 0 Å². The van der Waals surface area contributed by atoms with Gasteiger partial charge in [0.15, 0.2) is 5.69 Å². The quantitative estimate of drug-likeness (QED) is 0.528. The van der Waals surface area contributed by atoms with E-state index < -0.39 is 0 Å². The van der Waals surface area contributed by atoms with Gasteiger partial charge in [-0.3, -0.25) is 9.78 Å². The number of para-hydroxylation sites is 1. The molecule has 2 aromatic carbocycles. The Morgan fingerprint density at radius 3 is 2.62 bits per heavy atom. The molecule has 0 aliphatic carbocycles. The Kier molecular flexibility index (Phi) is 4.21. The minimum Gasteiger partial charge on any atom is -0.306 e. The lowest BCUT2D eigenvalue weighted by Gasteiger charge is -2.15. The average molecular weight is 380 g/mol. The zero-order chi connectivity index (χ0) is 19.8. The van der Waals surface area contributed by atoms with Crippen LogP contribution in [0.25, 0.3) is 16.9 Å². The molecule has 2 aromatic heterocycles. The van der Waals surface area contributed by atoms with Gasteiger partial charge in [0.1, 0.15) is 0 Å². The van der Waals surface area contributed by atoms with Crippen LogP contribution in [0.1, 0.15) is 21.6 Å². The van der Waals surface area contributed by atoms with Gasteiger partial charge in [-0.1, -0.05) is 35.9 Å². The highest BCUT2D eigenvalue weighted by Gasteiger charge is 2.28. The van der Waals surface area contributed by atoms with Crippen LogP contribution in [0.5, 0.6) is 0 Å². The molecule has 0 saturated heterocycles. The van der Waals surface area contributed by atoms with Crippen molar-refractivity contribution in [1.29, 1.82) is 0 Å². The largest absolute Gasteiger partial charge is 0.306 e. The molecule has 0 fully saturated rings. The second-order valence-corrected chi connectivity index (χ2v) is 7.24. The fraction of sp³-hybridized carbons (Fsp3) is 0.125. The van der Waals surface area contributed by atoms with Crippen molar-refractivity contribution in [2.75, 3.05) is 11.4 Å². The third-order valence-corrected chi connectivity index (χ3v) is 5.30. The Hall–Kier alpha value is -3.73. The van der Waals surface area contributed by atoms with Crippen molar-refractivity contribution in [3.05, 3.63) is 95.9 Å². The lowest BCUT2D eigenvalue weighted by molar-refractivity contribution is 0.0984. The standard InChI is InChI=1S/C24H20N4O/c1-17-8-10-20(11-9-17)28-23(19-6-4-13-25-16-19)15-21(26-28)24(29)27-14-12-18-5-2-3-7-22(18)27/h2-11,13,15-16H,12,14H2,1H3. The molecule has 3 heterocycles. The number of aromatic nitrogens is 3. The minimum absolute atomic E-state index is 0.0778. The van der Waals surface area contributed by atoms with E-state index in [4.69, 9.17) is 5.10 Å². The zero-order valence-electron chi connectivity index (χ0n) is 16.1. The van der Waals surface area contributed by atoms with Gasteiger partial charge in [-0.05, 0) is 55.3 Å². The van der Waals surface area contributed by atoms with E-state index in [-0.39, 0.29) is 5.91 Å². The molecule has 142 valence electrons. The summed E-state index contributed by atoms with van der Waals surface area (Å²) < 4.78 is 1.83. The number of benzene rings is 2. The van der Waals surface area contributed by atoms with E-state index in [2.05, 4.69) is 18.0 Å². The van der Waals surface area contributed by atoms with Gasteiger partial charge >= 0.3 is 0 Å². The van der Waals surface area contributed by atoms with Crippen LogP contribution in [0.4, 0.5) is 5.69 Å². The molecule has 0 unspecified atom stereocenters. The average Bonchev–Trinajstić information content (AvgIpc) is 3.39. The predicted molar refractivity (Wildman–Crippen MR) is 113 cm³/mol. The molecule has 5 nitrogen and oxygen atoms in total. The molecule has 5 heteroatoms. The third-order valence-electron chi connectivity index (χ3n) is 5.30. The first-order valence-corrected chi connectivity index (χ1v) is 9.68. The maximum atomic E-state index is 13.3. The SMILES string of the molecule is Cc1ccc(-n2nc(C(=O)N3CCc4ccccc43)cc2-c2cccnc2)cc1. The lowest BCUT2D eigenvalue weighted by Crippen LogP contribution is -2.29. The Morgan fingerprint density at radius 1 is 1.00 bits per heavy atom. The minimum atomic E-state index is -0.0778. The number of aryl methyl sites for hydroxylation is 1. The van der Waals surface area contributed by atoms with Crippen LogP contribution in [0.2, 0.25) is 0 Å². The third kappa shape index (κ3) is 3.10. The number of hydrogen-bond donors (Lipinski definition) is 0. The van der Waals surface area contributed by atoms with Crippen LogP contribution in [-0.2, 0) is 6.42 Å². The molecule has 1 aliphatic rings. The molecular weight excluding hydrogens is 360 g/mol. The summed E-state index contributed by atoms with van der Waals surface area (Å²) in [6.07, 6.45) is 4.40. The first-order chi connectivity index (χ1) is 14.2. The maximum absolute atomic E-state index is 13.3. The van der Waals surface area contributed by atoms with Crippen molar-refractivity contribution in [3.8, 4) is 16.9 Å². The number of hydrogen-bond acceptors (Lipinski definition) is 3. The molecule has 5 rings (SSSR count). The Morgan fingerprint density at radius 2 is 1.83 bits per heavy atom. The molecule has 29 heavy (non-hydrogen) atoms. The van der Waals surface area contributed by atoms with Crippen LogP contribution in [-0.4, -0.2) is 27.2 Å². The van der Waals surface area contributed by atoms with Crippen LogP contribution in [0, 0.1) is 6.92 Å². The first kappa shape index (κ1) is 17.4. The highest BCUT2D eigenvalue weighted by atomic mass is 16.2. The molecule has 0 radical (unpaired) electrons. The normalized spacial score (nSPS) is 12.8. The summed E-state index contributed by atoms with van der Waals surface area (Å²) in [7, 11) is 0. The van der Waals surface area contributed by atoms with Gasteiger partial charge in [0, 0.05) is 30.2 Å². The number of pyridine rings is 1. The van der Waals surface area contributed by atoms with Gasteiger partial charge < -0.3 is 4.90 Å². The highest BCUT2D eigenvalue weighted by molar-refractivity contribution is 6.06. The van der Waals surface area contributed by atoms with Crippen LogP contribution in [0.3, 0.4) is 0 Å². The number of carbonyl (C=O) groups excluding carboxylic acids is 1. The summed E-state index contributed by atoms with van der Waals surface area (Å²) in [6.45, 7) is 2.73. The van der Waals surface area contributed by atoms with Gasteiger partial charge in [-0.25, -0.2) is 4.68 Å². The van der Waals surface area contributed by atoms with Crippen molar-refractivity contribution >= 4 is 11.6 Å². The smallest absolute Gasteiger partial charge is 0.278 e. The van der Waals surface area contributed by atoms with Crippen molar-refractivity contribution < 1.29 is 4.79 Å².